The summed E-state index contributed by atoms with van der Waals surface area (Å²) < 4.78 is 38.0. The third-order valence-corrected chi connectivity index (χ3v) is 2.40. The number of primary amides is 1. The van der Waals surface area contributed by atoms with Crippen molar-refractivity contribution in [2.45, 2.75) is 20.0 Å². The molecule has 24 heavy (non-hydrogen) atoms. The van der Waals surface area contributed by atoms with Crippen molar-refractivity contribution in [3.8, 4) is 0 Å². The van der Waals surface area contributed by atoms with Crippen LogP contribution in [0.5, 0.6) is 0 Å². The van der Waals surface area contributed by atoms with Crippen molar-refractivity contribution >= 4 is 23.3 Å². The Morgan fingerprint density at radius 3 is 2.17 bits per heavy atom. The Bertz CT molecular complexity index is 619. The van der Waals surface area contributed by atoms with Crippen LogP contribution in [-0.2, 0) is 11.0 Å². The summed E-state index contributed by atoms with van der Waals surface area (Å²) in [7, 11) is 0. The molecule has 0 spiro atoms. The molecule has 5 N–H and O–H groups in total. The maximum atomic E-state index is 12.7. The average Bonchev–Trinajstić information content (AvgIpc) is 2.46. The van der Waals surface area contributed by atoms with Crippen LogP contribution >= 0.6 is 0 Å². The molecular weight excluding hydrogens is 337 g/mol. The summed E-state index contributed by atoms with van der Waals surface area (Å²) in [5.74, 6) is -0.883. The highest BCUT2D eigenvalue weighted by molar-refractivity contribution is 5.92. The van der Waals surface area contributed by atoms with Gasteiger partial charge >= 0.3 is 12.2 Å². The Labute approximate surface area is 133 Å². The van der Waals surface area contributed by atoms with Gasteiger partial charge in [0.2, 0.25) is 5.91 Å². The molecule has 1 aromatic rings. The van der Waals surface area contributed by atoms with Crippen LogP contribution in [0.4, 0.5) is 29.3 Å². The van der Waals surface area contributed by atoms with Crippen molar-refractivity contribution < 1.29 is 32.9 Å². The minimum atomic E-state index is -4.86. The van der Waals surface area contributed by atoms with Crippen LogP contribution in [0.1, 0.15) is 19.4 Å². The summed E-state index contributed by atoms with van der Waals surface area (Å²) in [5, 5.41) is 20.2. The number of nitrogens with zero attached hydrogens (tertiary/aromatic N) is 1. The van der Waals surface area contributed by atoms with Gasteiger partial charge in [-0.25, -0.2) is 10.3 Å². The topological polar surface area (TPSA) is 148 Å². The highest BCUT2D eigenvalue weighted by Gasteiger charge is 2.38. The summed E-state index contributed by atoms with van der Waals surface area (Å²) in [4.78, 5) is 30.0. The second-order valence-electron chi connectivity index (χ2n) is 4.61. The number of alkyl halides is 3. The van der Waals surface area contributed by atoms with E-state index >= 15 is 0 Å². The largest absolute Gasteiger partial charge is 0.423 e. The van der Waals surface area contributed by atoms with Crippen LogP contribution in [0.3, 0.4) is 0 Å². The van der Waals surface area contributed by atoms with E-state index in [4.69, 9.17) is 5.21 Å². The van der Waals surface area contributed by atoms with Crippen LogP contribution in [0.15, 0.2) is 18.2 Å². The van der Waals surface area contributed by atoms with Crippen molar-refractivity contribution in [1.82, 2.24) is 5.48 Å². The third kappa shape index (κ3) is 6.91. The fourth-order valence-corrected chi connectivity index (χ4v) is 1.29. The number of hydrogen-bond donors (Lipinski definition) is 4. The van der Waals surface area contributed by atoms with E-state index in [-0.39, 0.29) is 5.69 Å². The number of carbonyl (C=O) groups excluding carboxylic acids is 2. The van der Waals surface area contributed by atoms with Crippen molar-refractivity contribution in [3.05, 3.63) is 33.9 Å². The zero-order chi connectivity index (χ0) is 19.1. The second kappa shape index (κ2) is 8.67. The highest BCUT2D eigenvalue weighted by Crippen LogP contribution is 2.37. The molecule has 12 heteroatoms. The van der Waals surface area contributed by atoms with Crippen LogP contribution in [0.2, 0.25) is 0 Å². The van der Waals surface area contributed by atoms with E-state index in [9.17, 15) is 32.9 Å². The fraction of sp³-hybridized carbons (Fsp3) is 0.333. The number of urea groups is 1. The SMILES string of the molecule is CC(C)C(=O)Nc1ccc([N+](=O)[O-])c(C(F)(F)F)c1.NC(=O)NO. The lowest BCUT2D eigenvalue weighted by molar-refractivity contribution is -0.388. The molecule has 3 amide bonds. The van der Waals surface area contributed by atoms with E-state index in [1.807, 2.05) is 0 Å². The first kappa shape index (κ1) is 21.1. The van der Waals surface area contributed by atoms with Crippen molar-refractivity contribution in [1.29, 1.82) is 0 Å². The zero-order valence-electron chi connectivity index (χ0n) is 12.5. The van der Waals surface area contributed by atoms with E-state index in [0.717, 1.165) is 12.1 Å². The molecule has 0 unspecified atom stereocenters. The van der Waals surface area contributed by atoms with Gasteiger partial charge in [0.25, 0.3) is 5.69 Å². The summed E-state index contributed by atoms with van der Waals surface area (Å²) in [6.45, 7) is 3.15. The molecule has 0 aliphatic carbocycles. The fourth-order valence-electron chi connectivity index (χ4n) is 1.29. The molecule has 0 atom stereocenters. The van der Waals surface area contributed by atoms with E-state index < -0.39 is 40.2 Å². The van der Waals surface area contributed by atoms with Gasteiger partial charge in [0.1, 0.15) is 5.56 Å². The predicted molar refractivity (Wildman–Crippen MR) is 76.1 cm³/mol. The maximum Gasteiger partial charge on any atom is 0.423 e. The molecule has 1 aromatic carbocycles. The number of nitro groups is 1. The lowest BCUT2D eigenvalue weighted by atomic mass is 10.1. The molecule has 0 saturated carbocycles. The van der Waals surface area contributed by atoms with Crippen LogP contribution in [0, 0.1) is 16.0 Å². The molecule has 0 radical (unpaired) electrons. The monoisotopic (exact) mass is 352 g/mol. The molecular formula is C12H15F3N4O5. The number of benzene rings is 1. The Kier molecular flexibility index (Phi) is 7.62. The number of hydrogen-bond acceptors (Lipinski definition) is 5. The third-order valence-electron chi connectivity index (χ3n) is 2.40. The van der Waals surface area contributed by atoms with E-state index in [1.165, 1.54) is 5.48 Å². The van der Waals surface area contributed by atoms with E-state index in [1.54, 1.807) is 13.8 Å². The number of carbonyl (C=O) groups is 2. The van der Waals surface area contributed by atoms with Gasteiger partial charge in [0.05, 0.1) is 4.92 Å². The number of anilines is 1. The summed E-state index contributed by atoms with van der Waals surface area (Å²) >= 11 is 0. The van der Waals surface area contributed by atoms with Gasteiger partial charge in [-0.05, 0) is 12.1 Å². The summed E-state index contributed by atoms with van der Waals surface area (Å²) in [6.07, 6.45) is -4.86. The Morgan fingerprint density at radius 2 is 1.83 bits per heavy atom. The standard InChI is InChI=1S/C11H11F3N2O3.CH4N2O2/c1-6(2)10(17)15-7-3-4-9(16(18)19)8(5-7)11(12,13)14;2-1(4)3-5/h3-6H,1-2H3,(H,15,17);5H,(H3,2,3,4). The van der Waals surface area contributed by atoms with Gasteiger partial charge in [0, 0.05) is 17.7 Å². The Hall–Kier alpha value is -2.89. The zero-order valence-corrected chi connectivity index (χ0v) is 12.5. The Balaban J connectivity index is 0.000000922. The van der Waals surface area contributed by atoms with Gasteiger partial charge in [-0.15, -0.1) is 0 Å². The van der Waals surface area contributed by atoms with Crippen LogP contribution < -0.4 is 16.5 Å². The van der Waals surface area contributed by atoms with Crippen molar-refractivity contribution in [3.63, 3.8) is 0 Å². The lowest BCUT2D eigenvalue weighted by Gasteiger charge is -2.11. The molecule has 0 bridgehead atoms. The maximum absolute atomic E-state index is 12.7. The molecule has 0 fully saturated rings. The first-order valence-electron chi connectivity index (χ1n) is 6.26. The first-order valence-corrected chi connectivity index (χ1v) is 6.26. The molecule has 9 nitrogen and oxygen atoms in total. The molecule has 0 heterocycles. The number of nitrogens with one attached hydrogen (secondary N) is 2. The molecule has 0 aliphatic rings. The summed E-state index contributed by atoms with van der Waals surface area (Å²) in [5.41, 5.74) is 2.89. The molecule has 0 aromatic heterocycles. The number of amides is 3. The van der Waals surface area contributed by atoms with E-state index in [2.05, 4.69) is 11.1 Å². The minimum absolute atomic E-state index is 0.128. The normalized spacial score (nSPS) is 10.5. The minimum Gasteiger partial charge on any atom is -0.350 e. The van der Waals surface area contributed by atoms with Crippen molar-refractivity contribution in [2.24, 2.45) is 11.7 Å². The van der Waals surface area contributed by atoms with Gasteiger partial charge in [0.15, 0.2) is 0 Å². The van der Waals surface area contributed by atoms with Crippen LogP contribution in [0.25, 0.3) is 0 Å². The van der Waals surface area contributed by atoms with E-state index in [0.29, 0.717) is 6.07 Å². The molecule has 0 saturated heterocycles. The van der Waals surface area contributed by atoms with Crippen LogP contribution in [-0.4, -0.2) is 22.1 Å². The number of nitro benzene ring substituents is 1. The van der Waals surface area contributed by atoms with Gasteiger partial charge in [-0.1, -0.05) is 13.8 Å². The quantitative estimate of drug-likeness (QED) is 0.374. The average molecular weight is 352 g/mol. The van der Waals surface area contributed by atoms with Gasteiger partial charge in [-0.3, -0.25) is 20.1 Å². The first-order chi connectivity index (χ1) is 10.9. The summed E-state index contributed by atoms with van der Waals surface area (Å²) in [6, 6.07) is 1.40. The Morgan fingerprint density at radius 1 is 1.33 bits per heavy atom. The van der Waals surface area contributed by atoms with Crippen molar-refractivity contribution in [2.75, 3.05) is 5.32 Å². The smallest absolute Gasteiger partial charge is 0.350 e. The van der Waals surface area contributed by atoms with Gasteiger partial charge < -0.3 is 11.1 Å². The molecule has 1 rings (SSSR count). The number of hydroxylamine groups is 1. The number of rotatable bonds is 3. The highest BCUT2D eigenvalue weighted by atomic mass is 19.4. The lowest BCUT2D eigenvalue weighted by Crippen LogP contribution is -2.25. The second-order valence-corrected chi connectivity index (χ2v) is 4.61. The van der Waals surface area contributed by atoms with Gasteiger partial charge in [-0.2, -0.15) is 13.2 Å². The predicted octanol–water partition coefficient (Wildman–Crippen LogP) is 2.25. The molecule has 134 valence electrons. The molecule has 0 aliphatic heterocycles. The number of nitrogens with two attached hydrogens (primary N) is 1. The number of halogens is 3.